The predicted octanol–water partition coefficient (Wildman–Crippen LogP) is 10.9. The van der Waals surface area contributed by atoms with Gasteiger partial charge in [0.2, 0.25) is 0 Å². The molecule has 8 atom stereocenters. The van der Waals surface area contributed by atoms with E-state index in [0.717, 1.165) is 46.5 Å². The Hall–Kier alpha value is -2.70. The van der Waals surface area contributed by atoms with Crippen molar-refractivity contribution in [2.24, 2.45) is 35.5 Å². The summed E-state index contributed by atoms with van der Waals surface area (Å²) in [5.41, 5.74) is 8.04. The largest absolute Gasteiger partial charge is 0.341 e. The van der Waals surface area contributed by atoms with Crippen LogP contribution in [-0.2, 0) is 0 Å². The standard InChI is InChI=1S/C46H62N6/c1-3-7-37-33(5-1)25-43(47-37)45-49-39-19-17-31(23-41(39)51-45)35-21-27-9-13-29(35)15-11-28-10-14-30(16-12-27)36(22-28)32-18-20-40-42(24-32)52-46(50-40)44-26-34-6-2-4-8-38(34)48-44/h17-20,23-24,27-30,33-38,43-44,47-48H,1-16,21-22,25-26H2,(H,49,51)(H,50,52)/t27-,28-,29+,30+,33-,34-,35?,36?,37-,38-,43-,44-/m0/s1. The average Bonchev–Trinajstić information content (AvgIpc) is 3.98. The molecular formula is C46H62N6. The number of fused-ring (bicyclic) bond motifs is 4. The molecule has 10 fully saturated rings. The quantitative estimate of drug-likeness (QED) is 0.171. The molecule has 2 saturated heterocycles. The number of imidazole rings is 2. The molecule has 4 aromatic rings. The van der Waals surface area contributed by atoms with E-state index in [4.69, 9.17) is 9.97 Å². The summed E-state index contributed by atoms with van der Waals surface area (Å²) >= 11 is 0. The number of aromatic nitrogens is 4. The lowest BCUT2D eigenvalue weighted by atomic mass is 9.63. The molecule has 2 aromatic carbocycles. The second kappa shape index (κ2) is 13.6. The van der Waals surface area contributed by atoms with Crippen molar-refractivity contribution in [2.45, 2.75) is 164 Å². The van der Waals surface area contributed by atoms with E-state index < -0.39 is 0 Å². The van der Waals surface area contributed by atoms with E-state index in [0.29, 0.717) is 36.0 Å². The molecule has 6 nitrogen and oxygen atoms in total. The Bertz CT molecular complexity index is 1730. The number of benzene rings is 2. The van der Waals surface area contributed by atoms with Gasteiger partial charge in [-0.15, -0.1) is 0 Å². The van der Waals surface area contributed by atoms with Crippen LogP contribution in [-0.4, -0.2) is 32.0 Å². The van der Waals surface area contributed by atoms with E-state index >= 15 is 0 Å². The normalized spacial score (nSPS) is 39.4. The van der Waals surface area contributed by atoms with Gasteiger partial charge in [-0.1, -0.05) is 63.5 Å². The average molecular weight is 699 g/mol. The molecule has 4 heterocycles. The third kappa shape index (κ3) is 6.06. The highest BCUT2D eigenvalue weighted by molar-refractivity contribution is 5.77. The Kier molecular flexibility index (Phi) is 8.52. The minimum atomic E-state index is 0.401. The molecule has 4 bridgehead atoms. The van der Waals surface area contributed by atoms with E-state index in [1.54, 1.807) is 11.1 Å². The highest BCUT2D eigenvalue weighted by Gasteiger charge is 2.40. The van der Waals surface area contributed by atoms with Gasteiger partial charge in [0.25, 0.3) is 0 Å². The van der Waals surface area contributed by atoms with Gasteiger partial charge in [0.1, 0.15) is 11.6 Å². The Balaban J connectivity index is 0.798. The maximum absolute atomic E-state index is 5.15. The molecule has 52 heavy (non-hydrogen) atoms. The van der Waals surface area contributed by atoms with Crippen molar-refractivity contribution in [2.75, 3.05) is 0 Å². The van der Waals surface area contributed by atoms with Crippen molar-refractivity contribution in [1.29, 1.82) is 0 Å². The summed E-state index contributed by atoms with van der Waals surface area (Å²) in [6.45, 7) is 0. The second-order valence-corrected chi connectivity index (χ2v) is 19.3. The van der Waals surface area contributed by atoms with E-state index in [-0.39, 0.29) is 0 Å². The van der Waals surface area contributed by atoms with Crippen molar-refractivity contribution in [1.82, 2.24) is 30.6 Å². The Morgan fingerprint density at radius 3 is 1.33 bits per heavy atom. The fourth-order valence-corrected chi connectivity index (χ4v) is 13.5. The van der Waals surface area contributed by atoms with Crippen LogP contribution >= 0.6 is 0 Å². The molecule has 0 spiro atoms. The Morgan fingerprint density at radius 1 is 0.442 bits per heavy atom. The summed E-state index contributed by atoms with van der Waals surface area (Å²) in [7, 11) is 0. The van der Waals surface area contributed by atoms with Crippen LogP contribution in [0.2, 0.25) is 0 Å². The number of hydrogen-bond acceptors (Lipinski definition) is 4. The lowest BCUT2D eigenvalue weighted by molar-refractivity contribution is 0.145. The molecule has 2 aromatic heterocycles. The van der Waals surface area contributed by atoms with Crippen LogP contribution in [0.3, 0.4) is 0 Å². The lowest BCUT2D eigenvalue weighted by Gasteiger charge is -2.42. The first-order chi connectivity index (χ1) is 25.7. The van der Waals surface area contributed by atoms with Crippen molar-refractivity contribution in [3.05, 3.63) is 59.2 Å². The third-order valence-corrected chi connectivity index (χ3v) is 16.4. The van der Waals surface area contributed by atoms with E-state index in [1.807, 2.05) is 0 Å². The van der Waals surface area contributed by atoms with Gasteiger partial charge >= 0.3 is 0 Å². The van der Waals surface area contributed by atoms with Gasteiger partial charge < -0.3 is 20.6 Å². The highest BCUT2D eigenvalue weighted by Crippen LogP contribution is 2.51. The molecule has 0 radical (unpaired) electrons. The molecule has 8 saturated carbocycles. The number of hydrogen-bond donors (Lipinski definition) is 4. The molecule has 2 unspecified atom stereocenters. The number of rotatable bonds is 4. The van der Waals surface area contributed by atoms with E-state index in [9.17, 15) is 0 Å². The minimum Gasteiger partial charge on any atom is -0.341 e. The molecular weight excluding hydrogens is 637 g/mol. The van der Waals surface area contributed by atoms with Gasteiger partial charge in [-0.25, -0.2) is 9.97 Å². The SMILES string of the molecule is c1cc2nc([C@@H]3C[C@@H]4CCCC[C@@H]4N3)[nH]c2cc1C1C[C@H]2CC[C@@H]1CC[C@@H]1CC[C@H](CC2)C(c2ccc3nc([C@@H]4C[C@@H]5CCCC[C@@H]5N4)[nH]c3c2)C1. The van der Waals surface area contributed by atoms with Crippen LogP contribution in [0.5, 0.6) is 0 Å². The molecule has 2 aliphatic heterocycles. The van der Waals surface area contributed by atoms with Crippen LogP contribution in [0.1, 0.15) is 175 Å². The molecule has 276 valence electrons. The Labute approximate surface area is 310 Å². The zero-order chi connectivity index (χ0) is 34.2. The van der Waals surface area contributed by atoms with Gasteiger partial charge in [0.15, 0.2) is 0 Å². The lowest BCUT2D eigenvalue weighted by Crippen LogP contribution is -2.30. The predicted molar refractivity (Wildman–Crippen MR) is 210 cm³/mol. The number of nitrogens with zero attached hydrogens (tertiary/aromatic N) is 2. The van der Waals surface area contributed by atoms with Gasteiger partial charge in [-0.2, -0.15) is 0 Å². The fourth-order valence-electron chi connectivity index (χ4n) is 13.5. The zero-order valence-corrected chi connectivity index (χ0v) is 31.4. The summed E-state index contributed by atoms with van der Waals surface area (Å²) in [6.07, 6.45) is 27.7. The van der Waals surface area contributed by atoms with Crippen LogP contribution in [0.25, 0.3) is 22.1 Å². The zero-order valence-electron chi connectivity index (χ0n) is 31.4. The van der Waals surface area contributed by atoms with Crippen LogP contribution in [0.4, 0.5) is 0 Å². The summed E-state index contributed by atoms with van der Waals surface area (Å²) in [4.78, 5) is 18.0. The molecule has 14 rings (SSSR count). The van der Waals surface area contributed by atoms with Gasteiger partial charge in [-0.05, 0) is 160 Å². The first-order valence-electron chi connectivity index (χ1n) is 22.2. The van der Waals surface area contributed by atoms with Crippen LogP contribution in [0, 0.1) is 35.5 Å². The molecule has 10 aliphatic rings. The van der Waals surface area contributed by atoms with Crippen molar-refractivity contribution in [3.63, 3.8) is 0 Å². The highest BCUT2D eigenvalue weighted by atomic mass is 15.1. The number of H-pyrrole nitrogens is 2. The summed E-state index contributed by atoms with van der Waals surface area (Å²) in [5.74, 6) is 8.81. The van der Waals surface area contributed by atoms with Crippen molar-refractivity contribution >= 4 is 22.1 Å². The number of nitrogens with one attached hydrogen (secondary N) is 4. The minimum absolute atomic E-state index is 0.401. The molecule has 0 amide bonds. The van der Waals surface area contributed by atoms with Crippen molar-refractivity contribution in [3.8, 4) is 0 Å². The summed E-state index contributed by atoms with van der Waals surface area (Å²) in [5, 5.41) is 7.92. The maximum atomic E-state index is 5.15. The van der Waals surface area contributed by atoms with Gasteiger partial charge in [0.05, 0.1) is 34.2 Å². The van der Waals surface area contributed by atoms with Gasteiger partial charge in [-0.3, -0.25) is 0 Å². The third-order valence-electron chi connectivity index (χ3n) is 16.4. The fraction of sp³-hybridized carbons (Fsp3) is 0.696. The summed E-state index contributed by atoms with van der Waals surface area (Å²) in [6, 6.07) is 16.9. The second-order valence-electron chi connectivity index (χ2n) is 19.3. The molecule has 6 heteroatoms. The van der Waals surface area contributed by atoms with E-state index in [2.05, 4.69) is 57.0 Å². The summed E-state index contributed by atoms with van der Waals surface area (Å²) < 4.78 is 0. The monoisotopic (exact) mass is 699 g/mol. The van der Waals surface area contributed by atoms with Crippen molar-refractivity contribution < 1.29 is 0 Å². The first-order valence-corrected chi connectivity index (χ1v) is 22.2. The number of aromatic amines is 2. The van der Waals surface area contributed by atoms with E-state index in [1.165, 1.54) is 151 Å². The van der Waals surface area contributed by atoms with Crippen LogP contribution in [0.15, 0.2) is 36.4 Å². The molecule has 8 aliphatic carbocycles. The molecule has 4 N–H and O–H groups in total. The topological polar surface area (TPSA) is 81.4 Å². The first kappa shape index (κ1) is 32.7. The maximum Gasteiger partial charge on any atom is 0.124 e. The Morgan fingerprint density at radius 2 is 0.885 bits per heavy atom. The smallest absolute Gasteiger partial charge is 0.124 e. The van der Waals surface area contributed by atoms with Crippen LogP contribution < -0.4 is 10.6 Å². The van der Waals surface area contributed by atoms with Gasteiger partial charge in [0, 0.05) is 12.1 Å².